The maximum atomic E-state index is 11.6. The number of nitrogens with one attached hydrogen (secondary N) is 2. The van der Waals surface area contributed by atoms with Crippen molar-refractivity contribution >= 4 is 12.0 Å². The highest BCUT2D eigenvalue weighted by atomic mass is 16.5. The van der Waals surface area contributed by atoms with E-state index >= 15 is 0 Å². The second-order valence-corrected chi connectivity index (χ2v) is 5.12. The van der Waals surface area contributed by atoms with Gasteiger partial charge in [-0.3, -0.25) is 4.79 Å². The van der Waals surface area contributed by atoms with Crippen LogP contribution in [0.5, 0.6) is 0 Å². The Morgan fingerprint density at radius 1 is 1.40 bits per heavy atom. The standard InChI is InChI=1S/C12H18N4O4/c17-10(18)6-12(3-1-4-12)7-14-11(19)13-5-2-9-15-8-16-20-9/h8H,1-7H2,(H,17,18)(H2,13,14,19). The van der Waals surface area contributed by atoms with Crippen LogP contribution in [-0.2, 0) is 11.2 Å². The Labute approximate surface area is 115 Å². The molecule has 110 valence electrons. The van der Waals surface area contributed by atoms with Crippen molar-refractivity contribution in [2.75, 3.05) is 13.1 Å². The molecular weight excluding hydrogens is 264 g/mol. The Balaban J connectivity index is 1.65. The van der Waals surface area contributed by atoms with Crippen molar-refractivity contribution in [2.45, 2.75) is 32.1 Å². The molecule has 1 saturated carbocycles. The predicted molar refractivity (Wildman–Crippen MR) is 67.9 cm³/mol. The van der Waals surface area contributed by atoms with E-state index in [-0.39, 0.29) is 17.9 Å². The Morgan fingerprint density at radius 3 is 2.75 bits per heavy atom. The zero-order chi connectivity index (χ0) is 14.4. The van der Waals surface area contributed by atoms with Crippen LogP contribution < -0.4 is 10.6 Å². The number of aromatic nitrogens is 2. The Morgan fingerprint density at radius 2 is 2.20 bits per heavy atom. The second-order valence-electron chi connectivity index (χ2n) is 5.12. The number of carboxylic acids is 1. The van der Waals surface area contributed by atoms with Gasteiger partial charge in [0.25, 0.3) is 0 Å². The molecule has 0 unspecified atom stereocenters. The van der Waals surface area contributed by atoms with Gasteiger partial charge < -0.3 is 20.3 Å². The summed E-state index contributed by atoms with van der Waals surface area (Å²) < 4.78 is 4.80. The molecule has 0 saturated heterocycles. The topological polar surface area (TPSA) is 117 Å². The lowest BCUT2D eigenvalue weighted by molar-refractivity contribution is -0.141. The molecule has 0 spiro atoms. The molecule has 0 bridgehead atoms. The molecule has 2 amide bonds. The van der Waals surface area contributed by atoms with Crippen LogP contribution in [-0.4, -0.2) is 40.3 Å². The average molecular weight is 282 g/mol. The summed E-state index contributed by atoms with van der Waals surface area (Å²) in [6, 6.07) is -0.304. The number of amides is 2. The fourth-order valence-electron chi connectivity index (χ4n) is 2.33. The van der Waals surface area contributed by atoms with Gasteiger partial charge in [-0.15, -0.1) is 0 Å². The third kappa shape index (κ3) is 3.94. The minimum Gasteiger partial charge on any atom is -0.481 e. The Hall–Kier alpha value is -2.12. The largest absolute Gasteiger partial charge is 0.481 e. The first-order valence-electron chi connectivity index (χ1n) is 6.59. The van der Waals surface area contributed by atoms with Gasteiger partial charge in [0.2, 0.25) is 5.89 Å². The summed E-state index contributed by atoms with van der Waals surface area (Å²) in [5, 5.41) is 17.7. The molecule has 0 atom stereocenters. The highest BCUT2D eigenvalue weighted by Crippen LogP contribution is 2.43. The number of urea groups is 1. The minimum atomic E-state index is -0.816. The number of aliphatic carboxylic acids is 1. The van der Waals surface area contributed by atoms with Crippen LogP contribution in [0, 0.1) is 5.41 Å². The molecule has 0 radical (unpaired) electrons. The van der Waals surface area contributed by atoms with Gasteiger partial charge in [-0.05, 0) is 18.3 Å². The van der Waals surface area contributed by atoms with Crippen molar-refractivity contribution in [3.8, 4) is 0 Å². The van der Waals surface area contributed by atoms with E-state index in [1.165, 1.54) is 6.33 Å². The first-order valence-corrected chi connectivity index (χ1v) is 6.59. The van der Waals surface area contributed by atoms with E-state index in [2.05, 4.69) is 20.8 Å². The number of carbonyl (C=O) groups excluding carboxylic acids is 1. The number of hydrogen-bond donors (Lipinski definition) is 3. The van der Waals surface area contributed by atoms with Crippen LogP contribution >= 0.6 is 0 Å². The van der Waals surface area contributed by atoms with E-state index in [9.17, 15) is 9.59 Å². The molecule has 1 aliphatic carbocycles. The molecule has 1 aliphatic rings. The lowest BCUT2D eigenvalue weighted by Crippen LogP contribution is -2.46. The minimum absolute atomic E-state index is 0.106. The number of nitrogens with zero attached hydrogens (tertiary/aromatic N) is 2. The first kappa shape index (κ1) is 14.3. The Bertz CT molecular complexity index is 456. The summed E-state index contributed by atoms with van der Waals surface area (Å²) in [6.45, 7) is 0.783. The van der Waals surface area contributed by atoms with Gasteiger partial charge in [0.15, 0.2) is 6.33 Å². The maximum absolute atomic E-state index is 11.6. The van der Waals surface area contributed by atoms with Crippen LogP contribution in [0.1, 0.15) is 31.6 Å². The molecule has 1 heterocycles. The summed E-state index contributed by atoms with van der Waals surface area (Å²) in [5.41, 5.74) is -0.268. The van der Waals surface area contributed by atoms with Gasteiger partial charge in [-0.25, -0.2) is 4.79 Å². The van der Waals surface area contributed by atoms with E-state index < -0.39 is 5.97 Å². The van der Waals surface area contributed by atoms with E-state index in [4.69, 9.17) is 9.63 Å². The van der Waals surface area contributed by atoms with Gasteiger partial charge in [-0.2, -0.15) is 4.98 Å². The predicted octanol–water partition coefficient (Wildman–Crippen LogP) is 0.556. The van der Waals surface area contributed by atoms with Crippen molar-refractivity contribution in [1.82, 2.24) is 20.8 Å². The van der Waals surface area contributed by atoms with Crippen molar-refractivity contribution in [1.29, 1.82) is 0 Å². The molecule has 1 aromatic heterocycles. The number of carboxylic acid groups (broad SMARTS) is 1. The monoisotopic (exact) mass is 282 g/mol. The third-order valence-electron chi connectivity index (χ3n) is 3.60. The number of hydrogen-bond acceptors (Lipinski definition) is 5. The molecule has 1 fully saturated rings. The van der Waals surface area contributed by atoms with E-state index in [1.54, 1.807) is 0 Å². The summed E-state index contributed by atoms with van der Waals surface area (Å²) in [6.07, 6.45) is 4.60. The molecule has 1 aromatic rings. The van der Waals surface area contributed by atoms with Crippen molar-refractivity contribution < 1.29 is 19.2 Å². The number of rotatable bonds is 7. The van der Waals surface area contributed by atoms with Gasteiger partial charge in [0.05, 0.1) is 6.42 Å². The first-order chi connectivity index (χ1) is 9.60. The lowest BCUT2D eigenvalue weighted by atomic mass is 9.66. The van der Waals surface area contributed by atoms with Gasteiger partial charge in [-0.1, -0.05) is 11.6 Å². The zero-order valence-corrected chi connectivity index (χ0v) is 11.1. The quantitative estimate of drug-likeness (QED) is 0.672. The number of carbonyl (C=O) groups is 2. The average Bonchev–Trinajstić information content (AvgIpc) is 2.85. The van der Waals surface area contributed by atoms with Crippen molar-refractivity contribution in [3.63, 3.8) is 0 Å². The van der Waals surface area contributed by atoms with E-state index in [0.29, 0.717) is 25.4 Å². The molecule has 8 heteroatoms. The molecule has 0 aromatic carbocycles. The van der Waals surface area contributed by atoms with E-state index in [0.717, 1.165) is 19.3 Å². The fourth-order valence-corrected chi connectivity index (χ4v) is 2.33. The molecule has 2 rings (SSSR count). The molecule has 0 aliphatic heterocycles. The zero-order valence-electron chi connectivity index (χ0n) is 11.1. The molecular formula is C12H18N4O4. The van der Waals surface area contributed by atoms with Gasteiger partial charge >= 0.3 is 12.0 Å². The summed E-state index contributed by atoms with van der Waals surface area (Å²) in [5.74, 6) is -0.352. The third-order valence-corrected chi connectivity index (χ3v) is 3.60. The van der Waals surface area contributed by atoms with Crippen LogP contribution in [0.25, 0.3) is 0 Å². The molecule has 8 nitrogen and oxygen atoms in total. The second kappa shape index (κ2) is 6.36. The van der Waals surface area contributed by atoms with Crippen LogP contribution in [0.3, 0.4) is 0 Å². The lowest BCUT2D eigenvalue weighted by Gasteiger charge is -2.40. The van der Waals surface area contributed by atoms with Crippen LogP contribution in [0.2, 0.25) is 0 Å². The fraction of sp³-hybridized carbons (Fsp3) is 0.667. The van der Waals surface area contributed by atoms with Crippen molar-refractivity contribution in [2.24, 2.45) is 5.41 Å². The summed E-state index contributed by atoms with van der Waals surface area (Å²) in [4.78, 5) is 26.3. The highest BCUT2D eigenvalue weighted by molar-refractivity contribution is 5.74. The SMILES string of the molecule is O=C(O)CC1(CNC(=O)NCCc2ncno2)CCC1. The smallest absolute Gasteiger partial charge is 0.314 e. The van der Waals surface area contributed by atoms with E-state index in [1.807, 2.05) is 0 Å². The van der Waals surface area contributed by atoms with Gasteiger partial charge in [0.1, 0.15) is 0 Å². The van der Waals surface area contributed by atoms with Crippen LogP contribution in [0.4, 0.5) is 4.79 Å². The molecule has 20 heavy (non-hydrogen) atoms. The van der Waals surface area contributed by atoms with Crippen molar-refractivity contribution in [3.05, 3.63) is 12.2 Å². The van der Waals surface area contributed by atoms with Crippen LogP contribution in [0.15, 0.2) is 10.9 Å². The summed E-state index contributed by atoms with van der Waals surface area (Å²) >= 11 is 0. The van der Waals surface area contributed by atoms with Gasteiger partial charge in [0, 0.05) is 19.5 Å². The molecule has 3 N–H and O–H groups in total. The Kier molecular flexibility index (Phi) is 4.54. The highest BCUT2D eigenvalue weighted by Gasteiger charge is 2.39. The summed E-state index contributed by atoms with van der Waals surface area (Å²) in [7, 11) is 0. The normalized spacial score (nSPS) is 16.2. The maximum Gasteiger partial charge on any atom is 0.314 e.